The summed E-state index contributed by atoms with van der Waals surface area (Å²) in [7, 11) is 0. The molecule has 6 nitrogen and oxygen atoms in total. The zero-order valence-electron chi connectivity index (χ0n) is 14.8. The molecule has 0 radical (unpaired) electrons. The van der Waals surface area contributed by atoms with Crippen LogP contribution >= 0.6 is 0 Å². The number of hydrogen-bond donors (Lipinski definition) is 0. The second-order valence-corrected chi connectivity index (χ2v) is 6.17. The molecule has 0 saturated heterocycles. The minimum atomic E-state index is -0.558. The quantitative estimate of drug-likeness (QED) is 0.402. The van der Waals surface area contributed by atoms with Gasteiger partial charge in [-0.1, -0.05) is 41.6 Å². The summed E-state index contributed by atoms with van der Waals surface area (Å²) in [5, 5.41) is 10.1. The molecular weight excluding hydrogens is 342 g/mol. The van der Waals surface area contributed by atoms with E-state index < -0.39 is 5.97 Å². The van der Waals surface area contributed by atoms with Crippen LogP contribution < -0.4 is 0 Å². The van der Waals surface area contributed by atoms with Gasteiger partial charge in [0, 0.05) is 12.1 Å². The van der Waals surface area contributed by atoms with Crippen LogP contribution in [0.5, 0.6) is 0 Å². The molecule has 0 atom stereocenters. The summed E-state index contributed by atoms with van der Waals surface area (Å²) in [6.45, 7) is 2.35. The standard InChI is InChI=1S/C21H17N3O3/c1-2-24-19-10-9-17(12-18(19)22-23-24)21(26)27-13-20(25)16-8-7-14-5-3-4-6-15(14)11-16/h3-12H,2,13H2,1H3. The first kappa shape index (κ1) is 16.9. The van der Waals surface area contributed by atoms with Crippen LogP contribution in [0.1, 0.15) is 27.6 Å². The smallest absolute Gasteiger partial charge is 0.338 e. The number of hydrogen-bond acceptors (Lipinski definition) is 5. The van der Waals surface area contributed by atoms with E-state index in [4.69, 9.17) is 4.74 Å². The first-order valence-electron chi connectivity index (χ1n) is 8.68. The lowest BCUT2D eigenvalue weighted by Gasteiger charge is -2.06. The van der Waals surface area contributed by atoms with Gasteiger partial charge in [0.1, 0.15) is 5.52 Å². The van der Waals surface area contributed by atoms with E-state index in [0.29, 0.717) is 23.2 Å². The minimum Gasteiger partial charge on any atom is -0.454 e. The number of aromatic nitrogens is 3. The Balaban J connectivity index is 1.47. The van der Waals surface area contributed by atoms with Crippen LogP contribution in [0, 0.1) is 0 Å². The zero-order valence-corrected chi connectivity index (χ0v) is 14.8. The Bertz CT molecular complexity index is 1160. The van der Waals surface area contributed by atoms with E-state index >= 15 is 0 Å². The first-order chi connectivity index (χ1) is 13.2. The summed E-state index contributed by atoms with van der Waals surface area (Å²) >= 11 is 0. The molecule has 0 unspecified atom stereocenters. The van der Waals surface area contributed by atoms with Gasteiger partial charge >= 0.3 is 5.97 Å². The number of rotatable bonds is 5. The number of carbonyl (C=O) groups excluding carboxylic acids is 2. The Labute approximate surface area is 155 Å². The monoisotopic (exact) mass is 359 g/mol. The average Bonchev–Trinajstić information content (AvgIpc) is 3.13. The van der Waals surface area contributed by atoms with Crippen LogP contribution in [-0.4, -0.2) is 33.4 Å². The molecule has 134 valence electrons. The van der Waals surface area contributed by atoms with Crippen molar-refractivity contribution < 1.29 is 14.3 Å². The minimum absolute atomic E-state index is 0.243. The molecule has 0 aliphatic heterocycles. The predicted molar refractivity (Wildman–Crippen MR) is 102 cm³/mol. The Morgan fingerprint density at radius 1 is 0.963 bits per heavy atom. The number of carbonyl (C=O) groups is 2. The van der Waals surface area contributed by atoms with Crippen molar-refractivity contribution in [3.63, 3.8) is 0 Å². The van der Waals surface area contributed by atoms with Gasteiger partial charge in [-0.15, -0.1) is 5.10 Å². The van der Waals surface area contributed by atoms with Crippen molar-refractivity contribution in [2.45, 2.75) is 13.5 Å². The van der Waals surface area contributed by atoms with Crippen molar-refractivity contribution in [2.24, 2.45) is 0 Å². The van der Waals surface area contributed by atoms with Gasteiger partial charge in [0.25, 0.3) is 0 Å². The van der Waals surface area contributed by atoms with Gasteiger partial charge in [-0.25, -0.2) is 9.48 Å². The van der Waals surface area contributed by atoms with E-state index in [1.807, 2.05) is 37.3 Å². The van der Waals surface area contributed by atoms with E-state index in [1.54, 1.807) is 35.0 Å². The lowest BCUT2D eigenvalue weighted by atomic mass is 10.0. The third-order valence-corrected chi connectivity index (χ3v) is 4.45. The highest BCUT2D eigenvalue weighted by Gasteiger charge is 2.14. The van der Waals surface area contributed by atoms with Crippen LogP contribution in [0.2, 0.25) is 0 Å². The molecule has 6 heteroatoms. The highest BCUT2D eigenvalue weighted by molar-refractivity contribution is 6.02. The van der Waals surface area contributed by atoms with Gasteiger partial charge in [-0.3, -0.25) is 4.79 Å². The van der Waals surface area contributed by atoms with Crippen LogP contribution in [-0.2, 0) is 11.3 Å². The molecule has 0 aliphatic rings. The molecular formula is C21H17N3O3. The second kappa shape index (κ2) is 6.99. The number of esters is 1. The summed E-state index contributed by atoms with van der Waals surface area (Å²) in [6.07, 6.45) is 0. The van der Waals surface area contributed by atoms with E-state index in [9.17, 15) is 9.59 Å². The molecule has 0 spiro atoms. The lowest BCUT2D eigenvalue weighted by molar-refractivity contribution is 0.0475. The number of nitrogens with zero attached hydrogens (tertiary/aromatic N) is 3. The van der Waals surface area contributed by atoms with Crippen LogP contribution in [0.15, 0.2) is 60.7 Å². The molecule has 1 aromatic heterocycles. The maximum Gasteiger partial charge on any atom is 0.338 e. The average molecular weight is 359 g/mol. The second-order valence-electron chi connectivity index (χ2n) is 6.17. The van der Waals surface area contributed by atoms with Gasteiger partial charge in [-0.05, 0) is 42.0 Å². The van der Waals surface area contributed by atoms with Crippen LogP contribution in [0.3, 0.4) is 0 Å². The van der Waals surface area contributed by atoms with Crippen molar-refractivity contribution >= 4 is 33.6 Å². The van der Waals surface area contributed by atoms with Gasteiger partial charge in [-0.2, -0.15) is 0 Å². The van der Waals surface area contributed by atoms with Crippen LogP contribution in [0.4, 0.5) is 0 Å². The van der Waals surface area contributed by atoms with Crippen LogP contribution in [0.25, 0.3) is 21.8 Å². The summed E-state index contributed by atoms with van der Waals surface area (Å²) in [5.74, 6) is -0.802. The van der Waals surface area contributed by atoms with Crippen molar-refractivity contribution in [2.75, 3.05) is 6.61 Å². The molecule has 4 aromatic rings. The third-order valence-electron chi connectivity index (χ3n) is 4.45. The fourth-order valence-electron chi connectivity index (χ4n) is 2.99. The Hall–Kier alpha value is -3.54. The highest BCUT2D eigenvalue weighted by atomic mass is 16.5. The topological polar surface area (TPSA) is 74.1 Å². The molecule has 4 rings (SSSR count). The summed E-state index contributed by atoms with van der Waals surface area (Å²) in [5.41, 5.74) is 2.33. The summed E-state index contributed by atoms with van der Waals surface area (Å²) in [6, 6.07) is 18.3. The Kier molecular flexibility index (Phi) is 4.38. The Morgan fingerprint density at radius 3 is 2.56 bits per heavy atom. The van der Waals surface area contributed by atoms with Gasteiger partial charge in [0.2, 0.25) is 0 Å². The molecule has 3 aromatic carbocycles. The normalized spacial score (nSPS) is 11.0. The lowest BCUT2D eigenvalue weighted by Crippen LogP contribution is -2.14. The van der Waals surface area contributed by atoms with E-state index in [0.717, 1.165) is 16.3 Å². The molecule has 0 N–H and O–H groups in total. The van der Waals surface area contributed by atoms with Gasteiger partial charge in [0.15, 0.2) is 12.4 Å². The molecule has 0 aliphatic carbocycles. The molecule has 1 heterocycles. The van der Waals surface area contributed by atoms with Crippen molar-refractivity contribution in [1.82, 2.24) is 15.0 Å². The zero-order chi connectivity index (χ0) is 18.8. The number of Topliss-reactive ketones (excluding diaryl/α,β-unsaturated/α-hetero) is 1. The number of ether oxygens (including phenoxy) is 1. The third kappa shape index (κ3) is 3.29. The number of fused-ring (bicyclic) bond motifs is 2. The van der Waals surface area contributed by atoms with E-state index in [1.165, 1.54) is 0 Å². The molecule has 27 heavy (non-hydrogen) atoms. The first-order valence-corrected chi connectivity index (χ1v) is 8.68. The molecule has 0 bridgehead atoms. The summed E-state index contributed by atoms with van der Waals surface area (Å²) in [4.78, 5) is 24.7. The fourth-order valence-corrected chi connectivity index (χ4v) is 2.99. The number of ketones is 1. The molecule has 0 saturated carbocycles. The number of benzene rings is 3. The fraction of sp³-hybridized carbons (Fsp3) is 0.143. The maximum atomic E-state index is 12.4. The Morgan fingerprint density at radius 2 is 1.74 bits per heavy atom. The van der Waals surface area contributed by atoms with E-state index in [2.05, 4.69) is 10.3 Å². The van der Waals surface area contributed by atoms with Crippen molar-refractivity contribution in [3.05, 3.63) is 71.8 Å². The summed E-state index contributed by atoms with van der Waals surface area (Å²) < 4.78 is 6.94. The largest absolute Gasteiger partial charge is 0.454 e. The van der Waals surface area contributed by atoms with Crippen molar-refractivity contribution in [3.8, 4) is 0 Å². The molecule has 0 fully saturated rings. The van der Waals surface area contributed by atoms with Gasteiger partial charge in [0.05, 0.1) is 11.1 Å². The van der Waals surface area contributed by atoms with E-state index in [-0.39, 0.29) is 12.4 Å². The maximum absolute atomic E-state index is 12.4. The predicted octanol–water partition coefficient (Wildman–Crippen LogP) is 3.64. The highest BCUT2D eigenvalue weighted by Crippen LogP contribution is 2.17. The van der Waals surface area contributed by atoms with Crippen molar-refractivity contribution in [1.29, 1.82) is 0 Å². The number of aryl methyl sites for hydroxylation is 1. The molecule has 0 amide bonds. The SMILES string of the molecule is CCn1nnc2cc(C(=O)OCC(=O)c3ccc4ccccc4c3)ccc21. The van der Waals surface area contributed by atoms with Gasteiger partial charge < -0.3 is 4.74 Å².